The molecule has 37 heavy (non-hydrogen) atoms. The van der Waals surface area contributed by atoms with Crippen LogP contribution in [0.25, 0.3) is 0 Å². The fraction of sp³-hybridized carbons (Fsp3) is 0.265. The molecule has 0 aliphatic rings. The lowest BCUT2D eigenvalue weighted by molar-refractivity contribution is 0.443. The summed E-state index contributed by atoms with van der Waals surface area (Å²) in [6.45, 7) is 15.1. The lowest BCUT2D eigenvalue weighted by atomic mass is 9.78. The summed E-state index contributed by atoms with van der Waals surface area (Å²) >= 11 is 0. The molecule has 0 amide bonds. The van der Waals surface area contributed by atoms with Crippen molar-refractivity contribution in [1.29, 1.82) is 0 Å². The van der Waals surface area contributed by atoms with Crippen molar-refractivity contribution in [3.63, 3.8) is 0 Å². The van der Waals surface area contributed by atoms with E-state index in [0.29, 0.717) is 5.75 Å². The molecule has 0 atom stereocenters. The second kappa shape index (κ2) is 10.6. The van der Waals surface area contributed by atoms with Crippen LogP contribution in [0, 0.1) is 0 Å². The molecule has 0 aliphatic carbocycles. The highest BCUT2D eigenvalue weighted by Gasteiger charge is 2.26. The van der Waals surface area contributed by atoms with Crippen molar-refractivity contribution in [3.05, 3.63) is 114 Å². The van der Waals surface area contributed by atoms with E-state index in [4.69, 9.17) is 4.99 Å². The van der Waals surface area contributed by atoms with E-state index in [9.17, 15) is 5.11 Å². The van der Waals surface area contributed by atoms with Gasteiger partial charge in [0.25, 0.3) is 0 Å². The third kappa shape index (κ3) is 6.03. The monoisotopic (exact) mass is 507 g/mol. The van der Waals surface area contributed by atoms with Gasteiger partial charge in [-0.2, -0.15) is 0 Å². The van der Waals surface area contributed by atoms with E-state index in [1.807, 2.05) is 13.0 Å². The quantitative estimate of drug-likeness (QED) is 0.216. The van der Waals surface area contributed by atoms with E-state index in [1.165, 1.54) is 21.5 Å². The summed E-state index contributed by atoms with van der Waals surface area (Å²) in [4.78, 5) is 5.18. The molecule has 0 radical (unpaired) electrons. The first-order chi connectivity index (χ1) is 17.5. The third-order valence-corrected chi connectivity index (χ3v) is 9.10. The summed E-state index contributed by atoms with van der Waals surface area (Å²) < 4.78 is 0. The smallest absolute Gasteiger partial charge is 0.128 e. The standard InChI is InChI=1S/C34H38NOP/c1-24(28-22-25(33(2,3)4)23-29(32(28)36)34(5,6)7)35-30-20-14-15-21-31(30)37(26-16-10-8-11-17-26)27-18-12-9-13-19-27/h8-23,36H,1-7H3. The Labute approximate surface area is 223 Å². The number of rotatable bonds is 5. The number of para-hydroxylation sites is 1. The van der Waals surface area contributed by atoms with E-state index < -0.39 is 7.92 Å². The number of phenolic OH excluding ortho intramolecular Hbond substituents is 1. The molecule has 190 valence electrons. The van der Waals surface area contributed by atoms with Gasteiger partial charge in [0.2, 0.25) is 0 Å². The minimum Gasteiger partial charge on any atom is -0.507 e. The SMILES string of the molecule is CC(=Nc1ccccc1P(c1ccccc1)c1ccccc1)c1cc(C(C)(C)C)cc(C(C)(C)C)c1O. The predicted octanol–water partition coefficient (Wildman–Crippen LogP) is 7.89. The summed E-state index contributed by atoms with van der Waals surface area (Å²) in [5.41, 5.74) is 4.48. The molecule has 0 aliphatic heterocycles. The van der Waals surface area contributed by atoms with Gasteiger partial charge >= 0.3 is 0 Å². The maximum Gasteiger partial charge on any atom is 0.128 e. The number of phenols is 1. The predicted molar refractivity (Wildman–Crippen MR) is 163 cm³/mol. The topological polar surface area (TPSA) is 32.6 Å². The van der Waals surface area contributed by atoms with Crippen molar-refractivity contribution >= 4 is 35.2 Å². The molecule has 0 heterocycles. The van der Waals surface area contributed by atoms with Crippen molar-refractivity contribution in [2.24, 2.45) is 4.99 Å². The van der Waals surface area contributed by atoms with Crippen molar-refractivity contribution in [2.45, 2.75) is 59.3 Å². The first-order valence-electron chi connectivity index (χ1n) is 12.9. The average molecular weight is 508 g/mol. The van der Waals surface area contributed by atoms with E-state index in [-0.39, 0.29) is 10.8 Å². The molecular formula is C34H38NOP. The van der Waals surface area contributed by atoms with Gasteiger partial charge in [-0.15, -0.1) is 0 Å². The maximum absolute atomic E-state index is 11.4. The molecule has 0 saturated heterocycles. The van der Waals surface area contributed by atoms with Crippen LogP contribution in [-0.2, 0) is 10.8 Å². The van der Waals surface area contributed by atoms with Crippen molar-refractivity contribution in [3.8, 4) is 5.75 Å². The van der Waals surface area contributed by atoms with E-state index in [0.717, 1.165) is 22.5 Å². The zero-order chi connectivity index (χ0) is 26.8. The Morgan fingerprint density at radius 3 is 1.70 bits per heavy atom. The average Bonchev–Trinajstić information content (AvgIpc) is 2.85. The normalized spacial score (nSPS) is 12.7. The highest BCUT2D eigenvalue weighted by atomic mass is 31.1. The van der Waals surface area contributed by atoms with Gasteiger partial charge < -0.3 is 5.11 Å². The van der Waals surface area contributed by atoms with Crippen LogP contribution in [0.5, 0.6) is 5.75 Å². The molecular weight excluding hydrogens is 469 g/mol. The van der Waals surface area contributed by atoms with Crippen LogP contribution in [0.1, 0.15) is 65.2 Å². The van der Waals surface area contributed by atoms with Crippen molar-refractivity contribution in [1.82, 2.24) is 0 Å². The molecule has 4 aromatic carbocycles. The largest absolute Gasteiger partial charge is 0.507 e. The summed E-state index contributed by atoms with van der Waals surface area (Å²) in [5.74, 6) is 0.326. The first-order valence-corrected chi connectivity index (χ1v) is 14.2. The van der Waals surface area contributed by atoms with Gasteiger partial charge in [-0.25, -0.2) is 0 Å². The van der Waals surface area contributed by atoms with Gasteiger partial charge in [-0.3, -0.25) is 4.99 Å². The molecule has 0 unspecified atom stereocenters. The summed E-state index contributed by atoms with van der Waals surface area (Å²) in [6.07, 6.45) is 0. The van der Waals surface area contributed by atoms with Crippen LogP contribution in [0.2, 0.25) is 0 Å². The number of hydrogen-bond acceptors (Lipinski definition) is 2. The summed E-state index contributed by atoms with van der Waals surface area (Å²) in [5, 5.41) is 15.2. The molecule has 4 aromatic rings. The molecule has 0 spiro atoms. The number of aliphatic imine (C=N–C) groups is 1. The number of aromatic hydroxyl groups is 1. The lowest BCUT2D eigenvalue weighted by Crippen LogP contribution is -2.21. The minimum atomic E-state index is -0.793. The van der Waals surface area contributed by atoms with Gasteiger partial charge in [-0.1, -0.05) is 126 Å². The lowest BCUT2D eigenvalue weighted by Gasteiger charge is -2.27. The second-order valence-corrected chi connectivity index (χ2v) is 13.8. The van der Waals surface area contributed by atoms with Gasteiger partial charge in [-0.05, 0) is 54.0 Å². The Morgan fingerprint density at radius 2 is 1.19 bits per heavy atom. The molecule has 0 aromatic heterocycles. The van der Waals surface area contributed by atoms with Crippen LogP contribution in [0.3, 0.4) is 0 Å². The fourth-order valence-corrected chi connectivity index (χ4v) is 6.87. The number of benzene rings is 4. The van der Waals surface area contributed by atoms with E-state index in [2.05, 4.69) is 133 Å². The molecule has 1 N–H and O–H groups in total. The number of hydrogen-bond donors (Lipinski definition) is 1. The zero-order valence-electron chi connectivity index (χ0n) is 23.1. The van der Waals surface area contributed by atoms with Crippen LogP contribution >= 0.6 is 7.92 Å². The molecule has 2 nitrogen and oxygen atoms in total. The molecule has 4 rings (SSSR count). The van der Waals surface area contributed by atoms with E-state index in [1.54, 1.807) is 0 Å². The Hall–Kier alpha value is -3.22. The first kappa shape index (κ1) is 26.8. The number of nitrogens with zero attached hydrogens (tertiary/aromatic N) is 1. The molecule has 3 heteroatoms. The molecule has 0 bridgehead atoms. The van der Waals surface area contributed by atoms with Gasteiger partial charge in [0.15, 0.2) is 0 Å². The minimum absolute atomic E-state index is 0.0461. The second-order valence-electron chi connectivity index (χ2n) is 11.6. The van der Waals surface area contributed by atoms with Crippen LogP contribution in [-0.4, -0.2) is 10.8 Å². The highest BCUT2D eigenvalue weighted by molar-refractivity contribution is 7.80. The van der Waals surface area contributed by atoms with Gasteiger partial charge in [0, 0.05) is 22.1 Å². The summed E-state index contributed by atoms with van der Waals surface area (Å²) in [6, 6.07) is 34.1. The fourth-order valence-electron chi connectivity index (χ4n) is 4.49. The molecule has 0 fully saturated rings. The van der Waals surface area contributed by atoms with Crippen molar-refractivity contribution < 1.29 is 5.11 Å². The Kier molecular flexibility index (Phi) is 7.72. The summed E-state index contributed by atoms with van der Waals surface area (Å²) in [7, 11) is -0.793. The highest BCUT2D eigenvalue weighted by Crippen LogP contribution is 2.40. The van der Waals surface area contributed by atoms with Crippen LogP contribution < -0.4 is 15.9 Å². The zero-order valence-corrected chi connectivity index (χ0v) is 24.0. The van der Waals surface area contributed by atoms with Gasteiger partial charge in [0.05, 0.1) is 5.69 Å². The van der Waals surface area contributed by atoms with Crippen molar-refractivity contribution in [2.75, 3.05) is 0 Å². The molecule has 0 saturated carbocycles. The van der Waals surface area contributed by atoms with Crippen LogP contribution in [0.4, 0.5) is 5.69 Å². The van der Waals surface area contributed by atoms with Gasteiger partial charge in [0.1, 0.15) is 5.75 Å². The Bertz CT molecular complexity index is 1350. The van der Waals surface area contributed by atoms with Crippen LogP contribution in [0.15, 0.2) is 102 Å². The third-order valence-electron chi connectivity index (χ3n) is 6.61. The Balaban J connectivity index is 1.91. The Morgan fingerprint density at radius 1 is 0.676 bits per heavy atom. The maximum atomic E-state index is 11.4. The van der Waals surface area contributed by atoms with E-state index >= 15 is 0 Å².